The molecule has 2 aromatic carbocycles. The molecule has 0 aliphatic carbocycles. The summed E-state index contributed by atoms with van der Waals surface area (Å²) < 4.78 is 0. The first-order chi connectivity index (χ1) is 12.4. The molecular weight excluding hydrogens is 395 g/mol. The summed E-state index contributed by atoms with van der Waals surface area (Å²) in [6.45, 7) is 3.75. The molecule has 2 N–H and O–H groups in total. The van der Waals surface area contributed by atoms with Gasteiger partial charge in [0.05, 0.1) is 10.0 Å². The number of hydrogen-bond donors (Lipinski definition) is 2. The minimum absolute atomic E-state index is 0. The van der Waals surface area contributed by atoms with Gasteiger partial charge in [0.2, 0.25) is 0 Å². The minimum Gasteiger partial charge on any atom is -1.00 e. The maximum absolute atomic E-state index is 9.50. The summed E-state index contributed by atoms with van der Waals surface area (Å²) in [6.07, 6.45) is 0. The van der Waals surface area contributed by atoms with Gasteiger partial charge < -0.3 is 13.1 Å². The van der Waals surface area contributed by atoms with Gasteiger partial charge in [-0.15, -0.1) is 0 Å². The van der Waals surface area contributed by atoms with Crippen LogP contribution in [0.1, 0.15) is 14.2 Å². The molecule has 0 aliphatic heterocycles. The Morgan fingerprint density at radius 2 is 1.04 bits per heavy atom. The predicted molar refractivity (Wildman–Crippen MR) is 114 cm³/mol. The smallest absolute Gasteiger partial charge is 1.00 e. The molecule has 2 heterocycles. The number of rotatable bonds is 0. The first kappa shape index (κ1) is 21.5. The number of aromatic hydroxyl groups is 2. The van der Waals surface area contributed by atoms with E-state index in [0.717, 1.165) is 22.2 Å². The molecule has 0 spiro atoms. The fourth-order valence-corrected chi connectivity index (χ4v) is 2.96. The number of fused-ring (bicyclic) bond motifs is 2. The van der Waals surface area contributed by atoms with E-state index >= 15 is 0 Å². The van der Waals surface area contributed by atoms with E-state index in [1.807, 2.05) is 38.1 Å². The molecule has 0 fully saturated rings. The van der Waals surface area contributed by atoms with Gasteiger partial charge in [-0.05, 0) is 62.4 Å². The van der Waals surface area contributed by atoms with E-state index in [9.17, 15) is 10.2 Å². The van der Waals surface area contributed by atoms with Crippen LogP contribution in [0.3, 0.4) is 0 Å². The number of nitrogens with zero attached hydrogens (tertiary/aromatic N) is 2. The van der Waals surface area contributed by atoms with Crippen molar-refractivity contribution in [2.45, 2.75) is 13.8 Å². The van der Waals surface area contributed by atoms with Gasteiger partial charge in [-0.1, -0.05) is 23.2 Å². The van der Waals surface area contributed by atoms with Gasteiger partial charge >= 0.3 is 23.1 Å². The zero-order valence-electron chi connectivity index (χ0n) is 16.9. The van der Waals surface area contributed by atoms with Crippen LogP contribution in [0.25, 0.3) is 21.8 Å². The van der Waals surface area contributed by atoms with Crippen LogP contribution in [0, 0.1) is 13.8 Å². The van der Waals surface area contributed by atoms with Gasteiger partial charge in [0, 0.05) is 22.2 Å². The van der Waals surface area contributed by atoms with Gasteiger partial charge in [0.25, 0.3) is 0 Å². The van der Waals surface area contributed by atoms with Crippen molar-refractivity contribution in [3.05, 3.63) is 70.0 Å². The van der Waals surface area contributed by atoms with Crippen molar-refractivity contribution < 1.29 is 13.1 Å². The zero-order valence-corrected chi connectivity index (χ0v) is 17.8. The molecule has 0 saturated carbocycles. The topological polar surface area (TPSA) is 66.2 Å². The van der Waals surface area contributed by atoms with Crippen molar-refractivity contribution in [2.75, 3.05) is 0 Å². The van der Waals surface area contributed by atoms with Crippen molar-refractivity contribution in [1.29, 1.82) is 0 Å². The van der Waals surface area contributed by atoms with E-state index in [-0.39, 0.29) is 37.4 Å². The van der Waals surface area contributed by atoms with Crippen LogP contribution in [-0.4, -0.2) is 43.2 Å². The molecule has 7 heteroatoms. The van der Waals surface area contributed by atoms with E-state index in [1.54, 1.807) is 24.3 Å². The van der Waals surface area contributed by atoms with Crippen LogP contribution in [-0.2, 0) is 0 Å². The fraction of sp³-hybridized carbons (Fsp3) is 0.100. The van der Waals surface area contributed by atoms with Gasteiger partial charge in [-0.2, -0.15) is 0 Å². The van der Waals surface area contributed by atoms with Crippen LogP contribution < -0.4 is 0 Å². The molecule has 0 bridgehead atoms. The quantitative estimate of drug-likeness (QED) is 0.366. The third-order valence-corrected chi connectivity index (χ3v) is 4.50. The second kappa shape index (κ2) is 8.93. The minimum atomic E-state index is 0. The van der Waals surface area contributed by atoms with Gasteiger partial charge in [0.15, 0.2) is 0 Å². The van der Waals surface area contributed by atoms with Crippen molar-refractivity contribution in [3.63, 3.8) is 0 Å². The molecule has 4 aromatic rings. The molecule has 4 rings (SSSR count). The predicted octanol–water partition coefficient (Wildman–Crippen LogP) is 5.65. The maximum Gasteiger partial charge on any atom is 2.00 e. The molecule has 0 radical (unpaired) electrons. The summed E-state index contributed by atoms with van der Waals surface area (Å²) >= 11 is 11.9. The Balaban J connectivity index is 0.000000490. The fourth-order valence-electron chi connectivity index (χ4n) is 2.53. The Bertz CT molecular complexity index is 1040. The van der Waals surface area contributed by atoms with Crippen molar-refractivity contribution in [2.24, 2.45) is 0 Å². The molecule has 0 atom stereocenters. The normalized spacial score (nSPS) is 10.2. The van der Waals surface area contributed by atoms with Crippen LogP contribution in [0.5, 0.6) is 11.5 Å². The van der Waals surface area contributed by atoms with Gasteiger partial charge in [-0.25, -0.2) is 9.97 Å². The van der Waals surface area contributed by atoms with E-state index in [4.69, 9.17) is 23.2 Å². The number of aryl methyl sites for hydroxylation is 2. The van der Waals surface area contributed by atoms with Crippen molar-refractivity contribution in [1.82, 2.24) is 9.97 Å². The third-order valence-electron chi connectivity index (χ3n) is 3.84. The molecular formula is C20H18Cl2MgN2O2. The van der Waals surface area contributed by atoms with Gasteiger partial charge in [0.1, 0.15) is 22.5 Å². The first-order valence-corrected chi connectivity index (χ1v) is 8.62. The van der Waals surface area contributed by atoms with Gasteiger partial charge in [-0.3, -0.25) is 0 Å². The summed E-state index contributed by atoms with van der Waals surface area (Å²) in [7, 11) is 0. The Morgan fingerprint density at radius 1 is 0.667 bits per heavy atom. The molecule has 136 valence electrons. The molecule has 2 aromatic heterocycles. The maximum atomic E-state index is 9.50. The molecule has 0 amide bonds. The second-order valence-corrected chi connectivity index (χ2v) is 6.65. The Labute approximate surface area is 185 Å². The van der Waals surface area contributed by atoms with Crippen LogP contribution in [0.15, 0.2) is 48.5 Å². The van der Waals surface area contributed by atoms with E-state index in [0.29, 0.717) is 21.1 Å². The third kappa shape index (κ3) is 4.74. The van der Waals surface area contributed by atoms with Crippen LogP contribution in [0.2, 0.25) is 10.0 Å². The number of pyridine rings is 2. The molecule has 27 heavy (non-hydrogen) atoms. The van der Waals surface area contributed by atoms with E-state index < -0.39 is 0 Å². The van der Waals surface area contributed by atoms with Crippen molar-refractivity contribution >= 4 is 68.1 Å². The number of aromatic nitrogens is 2. The summed E-state index contributed by atoms with van der Waals surface area (Å²) in [5.74, 6) is 0.339. The number of phenols is 2. The average Bonchev–Trinajstić information content (AvgIpc) is 2.62. The summed E-state index contributed by atoms with van der Waals surface area (Å²) in [6, 6.07) is 13.9. The molecule has 0 aliphatic rings. The molecule has 4 nitrogen and oxygen atoms in total. The van der Waals surface area contributed by atoms with Crippen LogP contribution in [0.4, 0.5) is 0 Å². The number of benzene rings is 2. The van der Waals surface area contributed by atoms with Crippen LogP contribution >= 0.6 is 23.2 Å². The first-order valence-electron chi connectivity index (χ1n) is 7.86. The van der Waals surface area contributed by atoms with Crippen molar-refractivity contribution in [3.8, 4) is 11.5 Å². The number of phenolic OH excluding ortho intramolecular Hbond substituents is 2. The Morgan fingerprint density at radius 3 is 1.41 bits per heavy atom. The average molecular weight is 414 g/mol. The second-order valence-electron chi connectivity index (χ2n) is 5.83. The summed E-state index contributed by atoms with van der Waals surface area (Å²) in [5, 5.41) is 21.8. The SMILES string of the molecule is Cc1ccc2c(Cl)ccc(O)c2n1.Cc1ccc2c(Cl)ccc(O)c2n1.[H-].[H-].[Mg+2]. The number of hydrogen-bond acceptors (Lipinski definition) is 4. The van der Waals surface area contributed by atoms with E-state index in [2.05, 4.69) is 9.97 Å². The van der Waals surface area contributed by atoms with E-state index in [1.165, 1.54) is 0 Å². The molecule has 0 unspecified atom stereocenters. The monoisotopic (exact) mass is 412 g/mol. The molecule has 0 saturated heterocycles. The zero-order chi connectivity index (χ0) is 18.8. The summed E-state index contributed by atoms with van der Waals surface area (Å²) in [5.41, 5.74) is 2.86. The standard InChI is InChI=1S/2C10H8ClNO.Mg.2H/c2*1-6-2-3-7-8(11)4-5-9(13)10(7)12-6;;;/h2*2-5,13H,1H3;;;/q;;+2;2*-1. The number of halogens is 2. The Kier molecular flexibility index (Phi) is 7.11. The largest absolute Gasteiger partial charge is 2.00 e. The summed E-state index contributed by atoms with van der Waals surface area (Å²) in [4.78, 5) is 8.40. The Hall–Kier alpha value is -1.79.